The standard InChI is InChI=1S/C23H26N2O6/c1-13(22(30)31)24-16-11-23(2,3)12-18(27)19(16)17(26)9-6-10-25-20(28)14-7-4-5-8-15(14)21(25)29/h4-5,7-8,13,26H,6,9-12H2,1-3H3,(H,30,31)/b19-17-,24-16?. The summed E-state index contributed by atoms with van der Waals surface area (Å²) in [5.74, 6) is -2.34. The number of allylic oxidation sites excluding steroid dienone is 2. The average molecular weight is 426 g/mol. The molecule has 31 heavy (non-hydrogen) atoms. The normalized spacial score (nSPS) is 22.0. The summed E-state index contributed by atoms with van der Waals surface area (Å²) >= 11 is 0. The zero-order valence-electron chi connectivity index (χ0n) is 17.8. The van der Waals surface area contributed by atoms with Crippen molar-refractivity contribution >= 4 is 29.3 Å². The molecule has 2 N–H and O–H groups in total. The van der Waals surface area contributed by atoms with Gasteiger partial charge in [0.25, 0.3) is 11.8 Å². The first-order valence-electron chi connectivity index (χ1n) is 10.2. The molecule has 1 aromatic carbocycles. The van der Waals surface area contributed by atoms with Crippen LogP contribution in [0, 0.1) is 5.41 Å². The molecule has 0 bridgehead atoms. The zero-order chi connectivity index (χ0) is 22.9. The third-order valence-corrected chi connectivity index (χ3v) is 5.52. The van der Waals surface area contributed by atoms with E-state index in [1.807, 2.05) is 13.8 Å². The predicted octanol–water partition coefficient (Wildman–Crippen LogP) is 3.18. The van der Waals surface area contributed by atoms with Crippen molar-refractivity contribution in [2.75, 3.05) is 6.54 Å². The number of carbonyl (C=O) groups excluding carboxylic acids is 3. The summed E-state index contributed by atoms with van der Waals surface area (Å²) in [6.07, 6.45) is 0.911. The second-order valence-corrected chi connectivity index (χ2v) is 8.76. The first-order chi connectivity index (χ1) is 14.5. The SMILES string of the molecule is CC(N=C1CC(C)(C)CC(=O)/C1=C(\O)CCCN1C(=O)c2ccccc2C1=O)C(=O)O. The van der Waals surface area contributed by atoms with Gasteiger partial charge < -0.3 is 10.2 Å². The van der Waals surface area contributed by atoms with Crippen molar-refractivity contribution < 1.29 is 29.4 Å². The molecular weight excluding hydrogens is 400 g/mol. The molecule has 164 valence electrons. The molecule has 1 heterocycles. The monoisotopic (exact) mass is 426 g/mol. The molecule has 8 nitrogen and oxygen atoms in total. The van der Waals surface area contributed by atoms with Crippen LogP contribution in [0.1, 0.15) is 67.2 Å². The smallest absolute Gasteiger partial charge is 0.328 e. The highest BCUT2D eigenvalue weighted by atomic mass is 16.4. The second kappa shape index (κ2) is 8.45. The highest BCUT2D eigenvalue weighted by Gasteiger charge is 2.37. The molecule has 1 aliphatic carbocycles. The van der Waals surface area contributed by atoms with Crippen LogP contribution in [0.5, 0.6) is 0 Å². The van der Waals surface area contributed by atoms with E-state index in [0.29, 0.717) is 17.5 Å². The largest absolute Gasteiger partial charge is 0.511 e. The Hall–Kier alpha value is -3.29. The van der Waals surface area contributed by atoms with Crippen molar-refractivity contribution in [2.24, 2.45) is 10.4 Å². The Morgan fingerprint density at radius 2 is 1.68 bits per heavy atom. The van der Waals surface area contributed by atoms with E-state index in [1.54, 1.807) is 24.3 Å². The van der Waals surface area contributed by atoms with Gasteiger partial charge in [0.15, 0.2) is 5.78 Å². The van der Waals surface area contributed by atoms with Gasteiger partial charge in [-0.15, -0.1) is 0 Å². The van der Waals surface area contributed by atoms with Crippen LogP contribution < -0.4 is 0 Å². The van der Waals surface area contributed by atoms with Gasteiger partial charge >= 0.3 is 5.97 Å². The molecule has 1 saturated carbocycles. The Morgan fingerprint density at radius 1 is 1.10 bits per heavy atom. The summed E-state index contributed by atoms with van der Waals surface area (Å²) in [6, 6.07) is 5.55. The molecule has 2 aliphatic rings. The van der Waals surface area contributed by atoms with E-state index in [4.69, 9.17) is 0 Å². The van der Waals surface area contributed by atoms with Gasteiger partial charge in [0.1, 0.15) is 11.8 Å². The fourth-order valence-electron chi connectivity index (χ4n) is 3.99. The minimum atomic E-state index is -1.12. The lowest BCUT2D eigenvalue weighted by atomic mass is 9.73. The molecule has 0 saturated heterocycles. The lowest BCUT2D eigenvalue weighted by molar-refractivity contribution is -0.138. The summed E-state index contributed by atoms with van der Waals surface area (Å²) < 4.78 is 0. The van der Waals surface area contributed by atoms with Crippen LogP contribution in [0.15, 0.2) is 40.6 Å². The Labute approximate surface area is 180 Å². The molecule has 3 rings (SSSR count). The number of aliphatic hydroxyl groups is 1. The van der Waals surface area contributed by atoms with Gasteiger partial charge in [-0.25, -0.2) is 4.79 Å². The van der Waals surface area contributed by atoms with Crippen LogP contribution in [0.3, 0.4) is 0 Å². The molecule has 1 fully saturated rings. The summed E-state index contributed by atoms with van der Waals surface area (Å²) in [5, 5.41) is 19.8. The number of hydrogen-bond acceptors (Lipinski definition) is 6. The number of amides is 2. The molecular formula is C23H26N2O6. The maximum atomic E-state index is 12.7. The van der Waals surface area contributed by atoms with Crippen molar-refractivity contribution in [1.29, 1.82) is 0 Å². The zero-order valence-corrected chi connectivity index (χ0v) is 17.8. The van der Waals surface area contributed by atoms with E-state index in [0.717, 1.165) is 4.90 Å². The quantitative estimate of drug-likeness (QED) is 0.409. The summed E-state index contributed by atoms with van der Waals surface area (Å²) in [7, 11) is 0. The molecule has 2 amide bonds. The van der Waals surface area contributed by atoms with Gasteiger partial charge in [0, 0.05) is 19.4 Å². The number of aliphatic imine (C=N–C) groups is 1. The third kappa shape index (κ3) is 4.57. The van der Waals surface area contributed by atoms with Crippen LogP contribution in [-0.4, -0.2) is 57.0 Å². The molecule has 0 aromatic heterocycles. The van der Waals surface area contributed by atoms with Crippen LogP contribution in [0.4, 0.5) is 0 Å². The minimum Gasteiger partial charge on any atom is -0.511 e. The van der Waals surface area contributed by atoms with Crippen molar-refractivity contribution in [2.45, 2.75) is 52.5 Å². The summed E-state index contributed by atoms with van der Waals surface area (Å²) in [6.45, 7) is 5.30. The van der Waals surface area contributed by atoms with Gasteiger partial charge in [-0.3, -0.25) is 24.3 Å². The number of benzene rings is 1. The van der Waals surface area contributed by atoms with Gasteiger partial charge in [-0.05, 0) is 37.3 Å². The fraction of sp³-hybridized carbons (Fsp3) is 0.435. The maximum Gasteiger partial charge on any atom is 0.328 e. The molecule has 1 aliphatic heterocycles. The van der Waals surface area contributed by atoms with Gasteiger partial charge in [-0.2, -0.15) is 0 Å². The predicted molar refractivity (Wildman–Crippen MR) is 113 cm³/mol. The maximum absolute atomic E-state index is 12.7. The number of imide groups is 1. The average Bonchev–Trinajstić information content (AvgIpc) is 2.91. The Bertz CT molecular complexity index is 986. The number of aliphatic hydroxyl groups excluding tert-OH is 1. The highest BCUT2D eigenvalue weighted by Crippen LogP contribution is 2.36. The number of Topliss-reactive ketones (excluding diaryl/α,β-unsaturated/α-hetero) is 1. The number of fused-ring (bicyclic) bond motifs is 1. The number of carboxylic acids is 1. The number of ketones is 1. The molecule has 0 spiro atoms. The number of aliphatic carboxylic acids is 1. The van der Waals surface area contributed by atoms with Gasteiger partial charge in [0.2, 0.25) is 0 Å². The van der Waals surface area contributed by atoms with Gasteiger partial charge in [-0.1, -0.05) is 26.0 Å². The van der Waals surface area contributed by atoms with Crippen LogP contribution in [0.25, 0.3) is 0 Å². The van der Waals surface area contributed by atoms with E-state index in [2.05, 4.69) is 4.99 Å². The summed E-state index contributed by atoms with van der Waals surface area (Å²) in [5.41, 5.74) is 0.677. The van der Waals surface area contributed by atoms with E-state index in [-0.39, 0.29) is 60.4 Å². The number of carbonyl (C=O) groups is 4. The molecule has 8 heteroatoms. The second-order valence-electron chi connectivity index (χ2n) is 8.76. The molecule has 1 atom stereocenters. The fourth-order valence-corrected chi connectivity index (χ4v) is 3.99. The van der Waals surface area contributed by atoms with E-state index >= 15 is 0 Å². The van der Waals surface area contributed by atoms with Crippen molar-refractivity contribution in [1.82, 2.24) is 4.90 Å². The highest BCUT2D eigenvalue weighted by molar-refractivity contribution is 6.25. The van der Waals surface area contributed by atoms with Crippen molar-refractivity contribution in [3.8, 4) is 0 Å². The minimum absolute atomic E-state index is 0.0646. The van der Waals surface area contributed by atoms with E-state index < -0.39 is 17.4 Å². The molecule has 1 unspecified atom stereocenters. The van der Waals surface area contributed by atoms with Crippen LogP contribution in [-0.2, 0) is 9.59 Å². The Balaban J connectivity index is 1.76. The first kappa shape index (κ1) is 22.4. The lowest BCUT2D eigenvalue weighted by Crippen LogP contribution is -2.34. The van der Waals surface area contributed by atoms with E-state index in [1.165, 1.54) is 6.92 Å². The first-order valence-corrected chi connectivity index (χ1v) is 10.2. The van der Waals surface area contributed by atoms with Crippen molar-refractivity contribution in [3.05, 3.63) is 46.7 Å². The lowest BCUT2D eigenvalue weighted by Gasteiger charge is -2.31. The number of hydrogen-bond donors (Lipinski definition) is 2. The number of nitrogens with zero attached hydrogens (tertiary/aromatic N) is 2. The van der Waals surface area contributed by atoms with Gasteiger partial charge in [0.05, 0.1) is 22.4 Å². The van der Waals surface area contributed by atoms with E-state index in [9.17, 15) is 29.4 Å². The number of rotatable bonds is 6. The topological polar surface area (TPSA) is 124 Å². The molecule has 1 aromatic rings. The Morgan fingerprint density at radius 3 is 2.23 bits per heavy atom. The Kier molecular flexibility index (Phi) is 6.10. The number of carboxylic acid groups (broad SMARTS) is 1. The van der Waals surface area contributed by atoms with Crippen molar-refractivity contribution in [3.63, 3.8) is 0 Å². The molecule has 0 radical (unpaired) electrons. The third-order valence-electron chi connectivity index (χ3n) is 5.52. The van der Waals surface area contributed by atoms with Crippen LogP contribution in [0.2, 0.25) is 0 Å². The van der Waals surface area contributed by atoms with Crippen LogP contribution >= 0.6 is 0 Å². The summed E-state index contributed by atoms with van der Waals surface area (Å²) in [4.78, 5) is 54.2.